The van der Waals surface area contributed by atoms with E-state index in [1.54, 1.807) is 0 Å². The molecule has 18 rings (SSSR count). The third kappa shape index (κ3) is 7.59. The standard InChI is InChI=1S/C84H79BN4OS/c1-79(2,3)54-33-39-68-64(46-54)82(8)42-19-21-44-84(82,10)89(68)58-50-72-77-73(51-58)87(69-28-22-27-61-59-25-14-16-29-74(59)90-78(61)69)71-49-57(88-67-38-31-53(52-23-12-11-13-24-52)45-63(67)81(7)41-18-20-43-83(81,88)9)34-37-66(71)85(77)65-36-32-55(80(4,5)6)47-70(65)86(72)56-35-40-76-62(48-56)60-26-15-17-30-75(60)91-76/h11-17,22-40,45-51H,18-21,41-44H2,1-10H3. The molecule has 12 aromatic rings. The summed E-state index contributed by atoms with van der Waals surface area (Å²) in [6, 6.07) is 78.2. The molecule has 6 heterocycles. The summed E-state index contributed by atoms with van der Waals surface area (Å²) in [5.74, 6) is 0. The van der Waals surface area contributed by atoms with E-state index in [-0.39, 0.29) is 39.5 Å². The van der Waals surface area contributed by atoms with Crippen molar-refractivity contribution >= 4 is 133 Å². The van der Waals surface area contributed by atoms with Gasteiger partial charge >= 0.3 is 0 Å². The Morgan fingerprint density at radius 3 is 1.69 bits per heavy atom. The summed E-state index contributed by atoms with van der Waals surface area (Å²) in [4.78, 5) is 11.0. The van der Waals surface area contributed by atoms with Crippen LogP contribution in [0.3, 0.4) is 0 Å². The lowest BCUT2D eigenvalue weighted by atomic mass is 9.33. The van der Waals surface area contributed by atoms with Gasteiger partial charge in [0.1, 0.15) is 5.58 Å². The molecule has 10 aromatic carbocycles. The maximum Gasteiger partial charge on any atom is 0.252 e. The number of hydrogen-bond acceptors (Lipinski definition) is 6. The first-order chi connectivity index (χ1) is 43.8. The first-order valence-corrected chi connectivity index (χ1v) is 34.5. The fourth-order valence-electron chi connectivity index (χ4n) is 18.6. The Kier molecular flexibility index (Phi) is 11.6. The molecule has 2 saturated carbocycles. The molecular weight excluding hydrogens is 1120 g/mol. The van der Waals surface area contributed by atoms with Crippen molar-refractivity contribution in [1.29, 1.82) is 0 Å². The molecule has 450 valence electrons. The summed E-state index contributed by atoms with van der Waals surface area (Å²) in [6.07, 6.45) is 9.32. The summed E-state index contributed by atoms with van der Waals surface area (Å²) < 4.78 is 9.92. The van der Waals surface area contributed by atoms with E-state index in [0.717, 1.165) is 53.3 Å². The first-order valence-electron chi connectivity index (χ1n) is 33.7. The first kappa shape index (κ1) is 55.3. The smallest absolute Gasteiger partial charge is 0.252 e. The van der Waals surface area contributed by atoms with Crippen molar-refractivity contribution in [2.24, 2.45) is 0 Å². The minimum absolute atomic E-state index is 0.00324. The third-order valence-electron chi connectivity index (χ3n) is 23.8. The number of benzene rings is 10. The Bertz CT molecular complexity index is 5060. The number of nitrogens with zero attached hydrogens (tertiary/aromatic N) is 4. The van der Waals surface area contributed by atoms with Gasteiger partial charge in [-0.25, -0.2) is 0 Å². The van der Waals surface area contributed by atoms with Gasteiger partial charge in [0.15, 0.2) is 5.58 Å². The zero-order valence-corrected chi connectivity index (χ0v) is 55.2. The van der Waals surface area contributed by atoms with E-state index >= 15 is 0 Å². The van der Waals surface area contributed by atoms with Gasteiger partial charge in [0, 0.05) is 93.0 Å². The zero-order chi connectivity index (χ0) is 61.9. The molecular formula is C84H79BN4OS. The maximum atomic E-state index is 7.29. The molecule has 0 spiro atoms. The summed E-state index contributed by atoms with van der Waals surface area (Å²) >= 11 is 1.89. The average Bonchev–Trinajstić information content (AvgIpc) is 1.33. The molecule has 5 nitrogen and oxygen atoms in total. The van der Waals surface area contributed by atoms with Gasteiger partial charge in [-0.2, -0.15) is 0 Å². The Balaban J connectivity index is 0.959. The molecule has 0 N–H and O–H groups in total. The lowest BCUT2D eigenvalue weighted by molar-refractivity contribution is 0.195. The number of hydrogen-bond donors (Lipinski definition) is 0. The number of fused-ring (bicyclic) bond motifs is 16. The third-order valence-corrected chi connectivity index (χ3v) is 25.0. The van der Waals surface area contributed by atoms with E-state index in [0.29, 0.717) is 0 Å². The molecule has 0 amide bonds. The highest BCUT2D eigenvalue weighted by molar-refractivity contribution is 7.25. The monoisotopic (exact) mass is 1200 g/mol. The molecule has 6 aliphatic rings. The molecule has 4 atom stereocenters. The van der Waals surface area contributed by atoms with Crippen molar-refractivity contribution in [2.75, 3.05) is 19.6 Å². The molecule has 0 bridgehead atoms. The number of anilines is 10. The van der Waals surface area contributed by atoms with Crippen LogP contribution >= 0.6 is 11.3 Å². The minimum atomic E-state index is -0.218. The van der Waals surface area contributed by atoms with Gasteiger partial charge in [0.2, 0.25) is 0 Å². The summed E-state index contributed by atoms with van der Waals surface area (Å²) in [6.45, 7) is 24.5. The summed E-state index contributed by atoms with van der Waals surface area (Å²) in [5, 5.41) is 4.86. The quantitative estimate of drug-likeness (QED) is 0.160. The number of thiophene rings is 1. The highest BCUT2D eigenvalue weighted by atomic mass is 32.1. The molecule has 2 fully saturated rings. The molecule has 4 unspecified atom stereocenters. The fourth-order valence-corrected chi connectivity index (χ4v) is 19.6. The van der Waals surface area contributed by atoms with Crippen LogP contribution in [-0.4, -0.2) is 17.8 Å². The van der Waals surface area contributed by atoms with Crippen LogP contribution in [0, 0.1) is 0 Å². The SMILES string of the molecule is CC(C)(C)c1ccc2c(c1)N(c1ccc3sc4ccccc4c3c1)c1cc(N3c4ccc(C(C)(C)C)cc4C4(C)CCCCC34C)cc3c1B2c1ccc(N2c4ccc(-c5ccccc5)cc4C4(C)CCCCC24C)cc1N3c1cccc2c1oc1ccccc12. The normalized spacial score (nSPS) is 22.3. The van der Waals surface area contributed by atoms with Gasteiger partial charge in [-0.05, 0) is 185 Å². The second-order valence-corrected chi connectivity index (χ2v) is 31.8. The fraction of sp³-hybridized carbons (Fsp3) is 0.286. The molecule has 2 aliphatic carbocycles. The Morgan fingerprint density at radius 1 is 0.396 bits per heavy atom. The van der Waals surface area contributed by atoms with Crippen LogP contribution in [0.25, 0.3) is 53.2 Å². The highest BCUT2D eigenvalue weighted by Gasteiger charge is 2.60. The molecule has 2 aromatic heterocycles. The van der Waals surface area contributed by atoms with Crippen LogP contribution in [0.2, 0.25) is 0 Å². The molecule has 4 aliphatic heterocycles. The second-order valence-electron chi connectivity index (χ2n) is 30.7. The van der Waals surface area contributed by atoms with Crippen LogP contribution in [-0.2, 0) is 21.7 Å². The van der Waals surface area contributed by atoms with Crippen molar-refractivity contribution in [3.05, 3.63) is 222 Å². The number of furan rings is 1. The van der Waals surface area contributed by atoms with E-state index in [4.69, 9.17) is 4.42 Å². The number of rotatable bonds is 5. The van der Waals surface area contributed by atoms with E-state index in [1.807, 2.05) is 11.3 Å². The average molecular weight is 1200 g/mol. The van der Waals surface area contributed by atoms with Crippen LogP contribution in [0.1, 0.15) is 143 Å². The van der Waals surface area contributed by atoms with Gasteiger partial charge in [0.05, 0.1) is 16.8 Å². The Morgan fingerprint density at radius 2 is 0.956 bits per heavy atom. The van der Waals surface area contributed by atoms with Crippen molar-refractivity contribution in [1.82, 2.24) is 0 Å². The Hall–Kier alpha value is -8.52. The van der Waals surface area contributed by atoms with E-state index < -0.39 is 0 Å². The van der Waals surface area contributed by atoms with Gasteiger partial charge in [-0.15, -0.1) is 11.3 Å². The predicted molar refractivity (Wildman–Crippen MR) is 389 cm³/mol. The van der Waals surface area contributed by atoms with Gasteiger partial charge in [0.25, 0.3) is 6.71 Å². The van der Waals surface area contributed by atoms with Crippen LogP contribution in [0.15, 0.2) is 205 Å². The van der Waals surface area contributed by atoms with Gasteiger partial charge < -0.3 is 24.0 Å². The lowest BCUT2D eigenvalue weighted by Gasteiger charge is -2.51. The van der Waals surface area contributed by atoms with E-state index in [1.165, 1.54) is 147 Å². The summed E-state index contributed by atoms with van der Waals surface area (Å²) in [5.41, 5.74) is 25.5. The molecule has 0 radical (unpaired) electrons. The number of para-hydroxylation sites is 2. The van der Waals surface area contributed by atoms with E-state index in [2.05, 4.69) is 289 Å². The van der Waals surface area contributed by atoms with Crippen molar-refractivity contribution in [2.45, 2.75) is 153 Å². The second kappa shape index (κ2) is 19.0. The maximum absolute atomic E-state index is 7.29. The van der Waals surface area contributed by atoms with Crippen LogP contribution < -0.4 is 36.0 Å². The van der Waals surface area contributed by atoms with Crippen molar-refractivity contribution in [3.63, 3.8) is 0 Å². The molecule has 7 heteroatoms. The van der Waals surface area contributed by atoms with Crippen LogP contribution in [0.5, 0.6) is 0 Å². The minimum Gasteiger partial charge on any atom is -0.454 e. The molecule has 0 saturated heterocycles. The summed E-state index contributed by atoms with van der Waals surface area (Å²) in [7, 11) is 0. The topological polar surface area (TPSA) is 26.1 Å². The Labute approximate surface area is 541 Å². The van der Waals surface area contributed by atoms with Gasteiger partial charge in [-0.1, -0.05) is 196 Å². The van der Waals surface area contributed by atoms with Crippen molar-refractivity contribution in [3.8, 4) is 11.1 Å². The molecule has 91 heavy (non-hydrogen) atoms. The predicted octanol–water partition coefficient (Wildman–Crippen LogP) is 21.8. The lowest BCUT2D eigenvalue weighted by Crippen LogP contribution is -2.61. The van der Waals surface area contributed by atoms with Crippen molar-refractivity contribution < 1.29 is 4.42 Å². The zero-order valence-electron chi connectivity index (χ0n) is 54.4. The van der Waals surface area contributed by atoms with Crippen LogP contribution in [0.4, 0.5) is 56.9 Å². The van der Waals surface area contributed by atoms with E-state index in [9.17, 15) is 0 Å². The van der Waals surface area contributed by atoms with Gasteiger partial charge in [-0.3, -0.25) is 0 Å². The largest absolute Gasteiger partial charge is 0.454 e. The highest BCUT2D eigenvalue weighted by Crippen LogP contribution is 2.64.